The smallest absolute Gasteiger partial charge is 0.267 e. The Morgan fingerprint density at radius 2 is 1.69 bits per heavy atom. The number of hydrogen-bond donors (Lipinski definition) is 0. The quantitative estimate of drug-likeness (QED) is 0.619. The van der Waals surface area contributed by atoms with Gasteiger partial charge in [0, 0.05) is 0 Å². The van der Waals surface area contributed by atoms with Gasteiger partial charge in [0.1, 0.15) is 6.54 Å². The van der Waals surface area contributed by atoms with Gasteiger partial charge in [-0.1, -0.05) is 12.1 Å². The van der Waals surface area contributed by atoms with E-state index in [4.69, 9.17) is 0 Å². The molecular formula is C8H8Cl2N2O. The SMILES string of the molecule is Cl.Cl.O=C1CN=c2ccccc2=N1. The molecule has 3 nitrogen and oxygen atoms in total. The summed E-state index contributed by atoms with van der Waals surface area (Å²) in [5, 5.41) is 1.50. The number of fused-ring (bicyclic) bond motifs is 1. The van der Waals surface area contributed by atoms with E-state index in [1.165, 1.54) is 0 Å². The van der Waals surface area contributed by atoms with Gasteiger partial charge in [0.15, 0.2) is 0 Å². The highest BCUT2D eigenvalue weighted by Crippen LogP contribution is 1.80. The summed E-state index contributed by atoms with van der Waals surface area (Å²) in [5.74, 6) is -0.163. The van der Waals surface area contributed by atoms with Crippen molar-refractivity contribution in [2.45, 2.75) is 0 Å². The molecule has 0 bridgehead atoms. The fraction of sp³-hybridized carbons (Fsp3) is 0.125. The topological polar surface area (TPSA) is 41.8 Å². The molecule has 13 heavy (non-hydrogen) atoms. The Morgan fingerprint density at radius 3 is 2.38 bits per heavy atom. The van der Waals surface area contributed by atoms with E-state index in [1.54, 1.807) is 6.07 Å². The summed E-state index contributed by atoms with van der Waals surface area (Å²) in [6.45, 7) is 0.191. The number of carbonyl (C=O) groups excluding carboxylic acids is 1. The minimum Gasteiger partial charge on any atom is -0.273 e. The Labute approximate surface area is 87.4 Å². The zero-order valence-corrected chi connectivity index (χ0v) is 8.27. The van der Waals surface area contributed by atoms with E-state index >= 15 is 0 Å². The molecule has 0 N–H and O–H groups in total. The molecule has 0 saturated heterocycles. The molecule has 1 heterocycles. The molecule has 5 heteroatoms. The molecular weight excluding hydrogens is 211 g/mol. The lowest BCUT2D eigenvalue weighted by atomic mass is 10.3. The third-order valence-corrected chi connectivity index (χ3v) is 1.51. The number of rotatable bonds is 0. The van der Waals surface area contributed by atoms with Crippen LogP contribution in [0, 0.1) is 0 Å². The Balaban J connectivity index is 0.000000720. The van der Waals surface area contributed by atoms with E-state index in [2.05, 4.69) is 9.98 Å². The second-order valence-electron chi connectivity index (χ2n) is 2.31. The van der Waals surface area contributed by atoms with E-state index in [0.29, 0.717) is 5.36 Å². The normalized spacial score (nSPS) is 12.5. The predicted octanol–water partition coefficient (Wildman–Crippen LogP) is 0.310. The zero-order valence-electron chi connectivity index (χ0n) is 6.64. The second kappa shape index (κ2) is 4.94. The van der Waals surface area contributed by atoms with Crippen LogP contribution >= 0.6 is 24.8 Å². The summed E-state index contributed by atoms with van der Waals surface area (Å²) in [5.41, 5.74) is 0. The number of carbonyl (C=O) groups is 1. The van der Waals surface area contributed by atoms with Gasteiger partial charge >= 0.3 is 0 Å². The number of benzene rings is 1. The molecule has 1 aliphatic heterocycles. The van der Waals surface area contributed by atoms with Crippen molar-refractivity contribution in [3.8, 4) is 0 Å². The fourth-order valence-electron chi connectivity index (χ4n) is 1.01. The van der Waals surface area contributed by atoms with Crippen molar-refractivity contribution in [1.82, 2.24) is 0 Å². The largest absolute Gasteiger partial charge is 0.273 e. The minimum atomic E-state index is -0.163. The molecule has 1 amide bonds. The summed E-state index contributed by atoms with van der Waals surface area (Å²) in [6, 6.07) is 7.37. The van der Waals surface area contributed by atoms with Gasteiger partial charge in [0.05, 0.1) is 10.7 Å². The lowest BCUT2D eigenvalue weighted by Crippen LogP contribution is -2.31. The van der Waals surface area contributed by atoms with E-state index in [9.17, 15) is 4.79 Å². The maximum atomic E-state index is 10.8. The van der Waals surface area contributed by atoms with Crippen LogP contribution in [-0.4, -0.2) is 12.5 Å². The second-order valence-corrected chi connectivity index (χ2v) is 2.31. The Kier molecular flexibility index (Phi) is 4.59. The van der Waals surface area contributed by atoms with Gasteiger partial charge in [0.25, 0.3) is 5.91 Å². The molecule has 1 aromatic rings. The van der Waals surface area contributed by atoms with E-state index in [1.807, 2.05) is 18.2 Å². The van der Waals surface area contributed by atoms with Crippen LogP contribution in [0.3, 0.4) is 0 Å². The average molecular weight is 219 g/mol. The molecule has 0 unspecified atom stereocenters. The third-order valence-electron chi connectivity index (χ3n) is 1.51. The number of halogens is 2. The van der Waals surface area contributed by atoms with Crippen LogP contribution in [0.15, 0.2) is 34.3 Å². The summed E-state index contributed by atoms with van der Waals surface area (Å²) in [4.78, 5) is 18.6. The van der Waals surface area contributed by atoms with Crippen molar-refractivity contribution in [2.24, 2.45) is 9.98 Å². The first-order valence-electron chi connectivity index (χ1n) is 3.37. The first-order valence-corrected chi connectivity index (χ1v) is 3.37. The van der Waals surface area contributed by atoms with Gasteiger partial charge in [-0.15, -0.1) is 24.8 Å². The fourth-order valence-corrected chi connectivity index (χ4v) is 1.01. The lowest BCUT2D eigenvalue weighted by Gasteiger charge is -1.95. The molecule has 0 aliphatic carbocycles. The van der Waals surface area contributed by atoms with Gasteiger partial charge in [-0.3, -0.25) is 9.79 Å². The highest BCUT2D eigenvalue weighted by Gasteiger charge is 2.01. The van der Waals surface area contributed by atoms with Gasteiger partial charge in [-0.25, -0.2) is 4.99 Å². The van der Waals surface area contributed by atoms with E-state index in [0.717, 1.165) is 5.36 Å². The first-order chi connectivity index (χ1) is 5.36. The van der Waals surface area contributed by atoms with Crippen molar-refractivity contribution in [1.29, 1.82) is 0 Å². The maximum Gasteiger partial charge on any atom is 0.267 e. The Bertz CT molecular complexity index is 416. The lowest BCUT2D eigenvalue weighted by molar-refractivity contribution is -0.116. The Morgan fingerprint density at radius 1 is 1.08 bits per heavy atom. The van der Waals surface area contributed by atoms with Crippen molar-refractivity contribution in [3.63, 3.8) is 0 Å². The maximum absolute atomic E-state index is 10.8. The molecule has 2 rings (SSSR count). The number of amides is 1. The van der Waals surface area contributed by atoms with Crippen molar-refractivity contribution >= 4 is 30.7 Å². The Hall–Kier alpha value is -0.930. The van der Waals surface area contributed by atoms with Crippen LogP contribution in [0.5, 0.6) is 0 Å². The van der Waals surface area contributed by atoms with Crippen molar-refractivity contribution in [2.75, 3.05) is 6.54 Å². The van der Waals surface area contributed by atoms with E-state index in [-0.39, 0.29) is 37.3 Å². The summed E-state index contributed by atoms with van der Waals surface area (Å²) < 4.78 is 0. The van der Waals surface area contributed by atoms with E-state index < -0.39 is 0 Å². The summed E-state index contributed by atoms with van der Waals surface area (Å²) >= 11 is 0. The molecule has 0 atom stereocenters. The van der Waals surface area contributed by atoms with Crippen LogP contribution in [0.25, 0.3) is 0 Å². The van der Waals surface area contributed by atoms with Gasteiger partial charge in [-0.2, -0.15) is 0 Å². The van der Waals surface area contributed by atoms with Gasteiger partial charge in [0.2, 0.25) is 0 Å². The number of nitrogens with zero attached hydrogens (tertiary/aromatic N) is 2. The number of para-hydroxylation sites is 2. The standard InChI is InChI=1S/C8H6N2O.2ClH/c11-8-5-9-6-3-1-2-4-7(6)10-8;;/h1-4H,5H2;2*1H. The average Bonchev–Trinajstić information content (AvgIpc) is 2.04. The van der Waals surface area contributed by atoms with Crippen LogP contribution in [0.1, 0.15) is 0 Å². The highest BCUT2D eigenvalue weighted by atomic mass is 35.5. The number of hydrogen-bond acceptors (Lipinski definition) is 2. The monoisotopic (exact) mass is 218 g/mol. The zero-order chi connectivity index (χ0) is 7.68. The highest BCUT2D eigenvalue weighted by molar-refractivity contribution is 5.85. The molecule has 0 saturated carbocycles. The molecule has 0 spiro atoms. The minimum absolute atomic E-state index is 0. The third kappa shape index (κ3) is 2.50. The van der Waals surface area contributed by atoms with Crippen LogP contribution in [0.4, 0.5) is 0 Å². The van der Waals surface area contributed by atoms with Gasteiger partial charge < -0.3 is 0 Å². The van der Waals surface area contributed by atoms with Crippen LogP contribution in [-0.2, 0) is 4.79 Å². The predicted molar refractivity (Wildman–Crippen MR) is 53.1 cm³/mol. The van der Waals surface area contributed by atoms with Gasteiger partial charge in [-0.05, 0) is 12.1 Å². The molecule has 0 aromatic heterocycles. The van der Waals surface area contributed by atoms with Crippen molar-refractivity contribution in [3.05, 3.63) is 35.0 Å². The van der Waals surface area contributed by atoms with Crippen molar-refractivity contribution < 1.29 is 4.79 Å². The molecule has 0 fully saturated rings. The molecule has 1 aliphatic rings. The van der Waals surface area contributed by atoms with Crippen LogP contribution in [0.2, 0.25) is 0 Å². The molecule has 1 aromatic carbocycles. The molecule has 0 radical (unpaired) electrons. The molecule has 70 valence electrons. The summed E-state index contributed by atoms with van der Waals surface area (Å²) in [6.07, 6.45) is 0. The summed E-state index contributed by atoms with van der Waals surface area (Å²) in [7, 11) is 0. The van der Waals surface area contributed by atoms with Crippen LogP contribution < -0.4 is 10.7 Å². The first kappa shape index (κ1) is 12.1.